The molecular formula is C18H28O3. The number of hydrogen-bond acceptors (Lipinski definition) is 3. The van der Waals surface area contributed by atoms with Crippen LogP contribution in [-0.4, -0.2) is 25.3 Å². The van der Waals surface area contributed by atoms with E-state index >= 15 is 0 Å². The molecule has 0 spiro atoms. The Balaban J connectivity index is 3.80. The summed E-state index contributed by atoms with van der Waals surface area (Å²) in [6.45, 7) is 6.47. The zero-order valence-electron chi connectivity index (χ0n) is 13.7. The maximum absolute atomic E-state index is 11.1. The van der Waals surface area contributed by atoms with Gasteiger partial charge in [-0.3, -0.25) is 0 Å². The lowest BCUT2D eigenvalue weighted by molar-refractivity contribution is -0.136. The van der Waals surface area contributed by atoms with Crippen LogP contribution in [0.3, 0.4) is 0 Å². The third-order valence-electron chi connectivity index (χ3n) is 3.34. The second-order valence-corrected chi connectivity index (χ2v) is 5.80. The van der Waals surface area contributed by atoms with Crippen molar-refractivity contribution in [1.82, 2.24) is 0 Å². The summed E-state index contributed by atoms with van der Waals surface area (Å²) < 4.78 is 10.1. The quantitative estimate of drug-likeness (QED) is 0.265. The first-order chi connectivity index (χ1) is 9.91. The molecule has 0 N–H and O–H groups in total. The maximum atomic E-state index is 11.1. The smallest absolute Gasteiger partial charge is 0.331 e. The third-order valence-corrected chi connectivity index (χ3v) is 3.34. The van der Waals surface area contributed by atoms with Crippen molar-refractivity contribution in [3.8, 4) is 12.3 Å². The molecular weight excluding hydrogens is 264 g/mol. The predicted molar refractivity (Wildman–Crippen MR) is 86.8 cm³/mol. The van der Waals surface area contributed by atoms with Crippen LogP contribution in [0.25, 0.3) is 0 Å². The molecule has 0 aliphatic rings. The molecule has 0 aromatic rings. The summed E-state index contributed by atoms with van der Waals surface area (Å²) in [5.74, 6) is 2.46. The minimum absolute atomic E-state index is 0.0156. The second-order valence-electron chi connectivity index (χ2n) is 5.80. The van der Waals surface area contributed by atoms with Gasteiger partial charge in [0.25, 0.3) is 0 Å². The Kier molecular flexibility index (Phi) is 10.4. The normalized spacial score (nSPS) is 13.5. The molecule has 0 heterocycles. The van der Waals surface area contributed by atoms with Crippen LogP contribution < -0.4 is 0 Å². The van der Waals surface area contributed by atoms with Crippen LogP contribution in [0.1, 0.15) is 46.5 Å². The number of ether oxygens (including phenoxy) is 2. The van der Waals surface area contributed by atoms with Gasteiger partial charge in [0.2, 0.25) is 0 Å². The highest BCUT2D eigenvalue weighted by Gasteiger charge is 2.15. The molecule has 0 saturated carbocycles. The van der Waals surface area contributed by atoms with Crippen molar-refractivity contribution >= 4 is 5.97 Å². The highest BCUT2D eigenvalue weighted by molar-refractivity contribution is 5.82. The Labute approximate surface area is 129 Å². The summed E-state index contributed by atoms with van der Waals surface area (Å²) in [6, 6.07) is 0. The molecule has 3 heteroatoms. The molecule has 0 radical (unpaired) electrons. The molecule has 3 nitrogen and oxygen atoms in total. The number of methoxy groups -OCH3 is 1. The van der Waals surface area contributed by atoms with Gasteiger partial charge in [-0.15, -0.1) is 6.42 Å². The summed E-state index contributed by atoms with van der Waals surface area (Å²) in [7, 11) is 1.76. The minimum atomic E-state index is -0.410. The Hall–Kier alpha value is -1.53. The first-order valence-electron chi connectivity index (χ1n) is 7.40. The van der Waals surface area contributed by atoms with Crippen molar-refractivity contribution in [3.05, 3.63) is 24.3 Å². The van der Waals surface area contributed by atoms with Crippen molar-refractivity contribution in [2.24, 2.45) is 5.92 Å². The van der Waals surface area contributed by atoms with Gasteiger partial charge in [-0.05, 0) is 32.6 Å². The van der Waals surface area contributed by atoms with Gasteiger partial charge in [-0.25, -0.2) is 4.79 Å². The van der Waals surface area contributed by atoms with E-state index in [9.17, 15) is 4.79 Å². The van der Waals surface area contributed by atoms with E-state index in [1.807, 2.05) is 6.08 Å². The van der Waals surface area contributed by atoms with Crippen LogP contribution in [0.2, 0.25) is 0 Å². The molecule has 0 aliphatic heterocycles. The molecule has 0 rings (SSSR count). The molecule has 21 heavy (non-hydrogen) atoms. The van der Waals surface area contributed by atoms with Gasteiger partial charge in [0.15, 0.2) is 6.61 Å². The van der Waals surface area contributed by atoms with Crippen molar-refractivity contribution in [2.45, 2.75) is 52.1 Å². The van der Waals surface area contributed by atoms with E-state index in [0.29, 0.717) is 5.92 Å². The summed E-state index contributed by atoms with van der Waals surface area (Å²) >= 11 is 0. The number of esters is 1. The van der Waals surface area contributed by atoms with Crippen LogP contribution in [0.15, 0.2) is 24.3 Å². The number of terminal acetylenes is 1. The van der Waals surface area contributed by atoms with Gasteiger partial charge in [0.1, 0.15) is 0 Å². The van der Waals surface area contributed by atoms with E-state index in [-0.39, 0.29) is 12.2 Å². The molecule has 1 unspecified atom stereocenters. The van der Waals surface area contributed by atoms with Crippen molar-refractivity contribution in [1.29, 1.82) is 0 Å². The summed E-state index contributed by atoms with van der Waals surface area (Å²) in [5, 5.41) is 0. The van der Waals surface area contributed by atoms with Gasteiger partial charge in [0.05, 0.1) is 5.60 Å². The van der Waals surface area contributed by atoms with E-state index in [0.717, 1.165) is 19.3 Å². The van der Waals surface area contributed by atoms with E-state index in [1.165, 1.54) is 12.5 Å². The fourth-order valence-corrected chi connectivity index (χ4v) is 1.78. The van der Waals surface area contributed by atoms with Crippen molar-refractivity contribution in [3.63, 3.8) is 0 Å². The van der Waals surface area contributed by atoms with Gasteiger partial charge in [-0.1, -0.05) is 43.9 Å². The first-order valence-corrected chi connectivity index (χ1v) is 7.40. The van der Waals surface area contributed by atoms with E-state index in [4.69, 9.17) is 15.9 Å². The average Bonchev–Trinajstić information content (AvgIpc) is 2.44. The summed E-state index contributed by atoms with van der Waals surface area (Å²) in [4.78, 5) is 11.1. The highest BCUT2D eigenvalue weighted by atomic mass is 16.5. The summed E-state index contributed by atoms with van der Waals surface area (Å²) in [5.41, 5.74) is -0.0307. The van der Waals surface area contributed by atoms with Gasteiger partial charge >= 0.3 is 5.97 Å². The molecule has 0 aliphatic carbocycles. The van der Waals surface area contributed by atoms with Crippen LogP contribution in [0, 0.1) is 18.3 Å². The minimum Gasteiger partial charge on any atom is -0.449 e. The highest BCUT2D eigenvalue weighted by Crippen LogP contribution is 2.20. The van der Waals surface area contributed by atoms with Crippen LogP contribution in [0.4, 0.5) is 0 Å². The molecule has 1 atom stereocenters. The summed E-state index contributed by atoms with van der Waals surface area (Å²) in [6.07, 6.45) is 16.4. The molecule has 0 saturated heterocycles. The van der Waals surface area contributed by atoms with Gasteiger partial charge in [0, 0.05) is 13.2 Å². The Morgan fingerprint density at radius 2 is 2.10 bits per heavy atom. The fraction of sp³-hybridized carbons (Fsp3) is 0.611. The van der Waals surface area contributed by atoms with Crippen molar-refractivity contribution in [2.75, 3.05) is 13.7 Å². The average molecular weight is 292 g/mol. The maximum Gasteiger partial charge on any atom is 0.331 e. The number of allylic oxidation sites excluding steroid dienone is 3. The standard InChI is InChI=1S/C18H28O3/c1-6-15-21-17(19)13-9-7-8-11-16(2)12-10-14-18(3,4)20-5/h1,7-9,13,16H,10-12,14-15H2,2-5H3. The lowest BCUT2D eigenvalue weighted by Crippen LogP contribution is -2.22. The van der Waals surface area contributed by atoms with Crippen LogP contribution >= 0.6 is 0 Å². The zero-order chi connectivity index (χ0) is 16.1. The van der Waals surface area contributed by atoms with Crippen LogP contribution in [0.5, 0.6) is 0 Å². The molecule has 0 aromatic heterocycles. The predicted octanol–water partition coefficient (Wildman–Crippen LogP) is 3.90. The molecule has 0 amide bonds. The molecule has 0 bridgehead atoms. The Bertz CT molecular complexity index is 386. The molecule has 0 fully saturated rings. The van der Waals surface area contributed by atoms with E-state index in [1.54, 1.807) is 13.2 Å². The lowest BCUT2D eigenvalue weighted by Gasteiger charge is -2.23. The van der Waals surface area contributed by atoms with E-state index < -0.39 is 5.97 Å². The van der Waals surface area contributed by atoms with Gasteiger partial charge < -0.3 is 9.47 Å². The SMILES string of the molecule is C#CCOC(=O)C=CC=CCC(C)CCCC(C)(C)OC. The van der Waals surface area contributed by atoms with E-state index in [2.05, 4.69) is 32.8 Å². The van der Waals surface area contributed by atoms with Gasteiger partial charge in [-0.2, -0.15) is 0 Å². The topological polar surface area (TPSA) is 35.5 Å². The largest absolute Gasteiger partial charge is 0.449 e. The lowest BCUT2D eigenvalue weighted by atomic mass is 9.95. The number of rotatable bonds is 10. The zero-order valence-corrected chi connectivity index (χ0v) is 13.7. The number of carbonyl (C=O) groups excluding carboxylic acids is 1. The third kappa shape index (κ3) is 12.0. The fourth-order valence-electron chi connectivity index (χ4n) is 1.78. The first kappa shape index (κ1) is 19.5. The molecule has 118 valence electrons. The number of hydrogen-bond donors (Lipinski definition) is 0. The Morgan fingerprint density at radius 3 is 2.71 bits per heavy atom. The molecule has 0 aromatic carbocycles. The monoisotopic (exact) mass is 292 g/mol. The second kappa shape index (κ2) is 11.2. The van der Waals surface area contributed by atoms with Crippen molar-refractivity contribution < 1.29 is 14.3 Å². The Morgan fingerprint density at radius 1 is 1.38 bits per heavy atom. The number of carbonyl (C=O) groups is 1. The van der Waals surface area contributed by atoms with Crippen LogP contribution in [-0.2, 0) is 14.3 Å².